The lowest BCUT2D eigenvalue weighted by Crippen LogP contribution is -2.54. The number of rotatable bonds is 8. The molecular formula is C24H33Cl2N5O. The third kappa shape index (κ3) is 5.48. The highest BCUT2D eigenvalue weighted by Crippen LogP contribution is 2.34. The molecule has 2 N–H and O–H groups in total. The molecule has 6 nitrogen and oxygen atoms in total. The Kier molecular flexibility index (Phi) is 7.77. The van der Waals surface area contributed by atoms with E-state index in [0.29, 0.717) is 22.0 Å². The lowest BCUT2D eigenvalue weighted by atomic mass is 9.80. The van der Waals surface area contributed by atoms with Crippen molar-refractivity contribution in [3.63, 3.8) is 0 Å². The molecule has 4 rings (SSSR count). The fraction of sp³-hybridized carbons (Fsp3) is 0.583. The van der Waals surface area contributed by atoms with Crippen molar-refractivity contribution >= 4 is 34.8 Å². The van der Waals surface area contributed by atoms with Crippen LogP contribution in [0.4, 0.5) is 11.6 Å². The average molecular weight is 478 g/mol. The molecule has 2 fully saturated rings. The summed E-state index contributed by atoms with van der Waals surface area (Å²) in [5, 5.41) is 13.9. The Morgan fingerprint density at radius 3 is 2.72 bits per heavy atom. The van der Waals surface area contributed by atoms with Gasteiger partial charge in [0.05, 0.1) is 18.4 Å². The molecule has 0 bridgehead atoms. The molecule has 2 aromatic rings. The van der Waals surface area contributed by atoms with Crippen molar-refractivity contribution in [1.82, 2.24) is 14.9 Å². The predicted octanol–water partition coefficient (Wildman–Crippen LogP) is 4.88. The molecule has 3 atom stereocenters. The minimum Gasteiger partial charge on any atom is -0.396 e. The van der Waals surface area contributed by atoms with Crippen LogP contribution in [0.5, 0.6) is 0 Å². The molecule has 32 heavy (non-hydrogen) atoms. The molecule has 3 heterocycles. The summed E-state index contributed by atoms with van der Waals surface area (Å²) < 4.78 is 0. The number of piperidine rings is 1. The maximum absolute atomic E-state index is 9.26. The number of anilines is 2. The van der Waals surface area contributed by atoms with Gasteiger partial charge < -0.3 is 20.2 Å². The van der Waals surface area contributed by atoms with E-state index >= 15 is 0 Å². The second-order valence-corrected chi connectivity index (χ2v) is 10.1. The first-order valence-electron chi connectivity index (χ1n) is 11.6. The number of hydrogen-bond donors (Lipinski definition) is 2. The van der Waals surface area contributed by atoms with E-state index in [1.807, 2.05) is 18.3 Å². The van der Waals surface area contributed by atoms with Crippen molar-refractivity contribution in [2.24, 2.45) is 11.8 Å². The molecule has 2 aliphatic heterocycles. The van der Waals surface area contributed by atoms with E-state index in [0.717, 1.165) is 55.7 Å². The van der Waals surface area contributed by atoms with Gasteiger partial charge in [0.15, 0.2) is 0 Å². The molecule has 2 aliphatic rings. The summed E-state index contributed by atoms with van der Waals surface area (Å²) in [5.41, 5.74) is 0.976. The lowest BCUT2D eigenvalue weighted by Gasteiger charge is -2.48. The van der Waals surface area contributed by atoms with Gasteiger partial charge in [0.1, 0.15) is 11.6 Å². The van der Waals surface area contributed by atoms with Crippen molar-refractivity contribution < 1.29 is 5.11 Å². The van der Waals surface area contributed by atoms with E-state index < -0.39 is 0 Å². The summed E-state index contributed by atoms with van der Waals surface area (Å²) in [6, 6.07) is 6.00. The molecule has 0 amide bonds. The number of nitrogens with zero attached hydrogens (tertiary/aromatic N) is 4. The Bertz CT molecular complexity index is 908. The Morgan fingerprint density at radius 1 is 1.16 bits per heavy atom. The average Bonchev–Trinajstić information content (AvgIpc) is 2.73. The lowest BCUT2D eigenvalue weighted by molar-refractivity contribution is 0.0791. The molecule has 0 unspecified atom stereocenters. The van der Waals surface area contributed by atoms with Crippen molar-refractivity contribution in [2.75, 3.05) is 43.0 Å². The van der Waals surface area contributed by atoms with Crippen LogP contribution >= 0.6 is 23.2 Å². The van der Waals surface area contributed by atoms with Gasteiger partial charge in [-0.25, -0.2) is 4.98 Å². The summed E-state index contributed by atoms with van der Waals surface area (Å²) in [6.07, 6.45) is 7.01. The standard InChI is InChI=1S/C24H33Cl2N5O/c1-16(7-9-32)30-8-3-4-18(13-30)19-14-31(15-19)24-12-27-11-23(29-24)28-17(2)21-6-5-20(25)10-22(21)26/h5-6,10-12,16-19,32H,3-4,7-9,13-15H2,1-2H3,(H,28,29)/t16-,17-,18+/m1/s1. The maximum Gasteiger partial charge on any atom is 0.149 e. The third-order valence-corrected chi connectivity index (χ3v) is 7.54. The number of hydrogen-bond acceptors (Lipinski definition) is 6. The molecule has 1 aromatic heterocycles. The van der Waals surface area contributed by atoms with Crippen molar-refractivity contribution in [3.8, 4) is 0 Å². The van der Waals surface area contributed by atoms with Crippen LogP contribution in [0.25, 0.3) is 0 Å². The predicted molar refractivity (Wildman–Crippen MR) is 132 cm³/mol. The largest absolute Gasteiger partial charge is 0.396 e. The monoisotopic (exact) mass is 477 g/mol. The minimum absolute atomic E-state index is 0.0115. The number of halogens is 2. The van der Waals surface area contributed by atoms with E-state index in [9.17, 15) is 5.11 Å². The van der Waals surface area contributed by atoms with Crippen molar-refractivity contribution in [2.45, 2.75) is 45.2 Å². The minimum atomic E-state index is -0.0115. The quantitative estimate of drug-likeness (QED) is 0.564. The van der Waals surface area contributed by atoms with Gasteiger partial charge in [-0.2, -0.15) is 0 Å². The highest BCUT2D eigenvalue weighted by atomic mass is 35.5. The van der Waals surface area contributed by atoms with Gasteiger partial charge in [-0.1, -0.05) is 29.3 Å². The SMILES string of the molecule is C[C@H](CCO)N1CCC[C@H](C2CN(c3cncc(N[C@H](C)c4ccc(Cl)cc4Cl)n3)C2)C1. The molecule has 0 spiro atoms. The van der Waals surface area contributed by atoms with E-state index in [1.54, 1.807) is 12.3 Å². The first-order valence-corrected chi connectivity index (χ1v) is 12.3. The molecule has 0 saturated carbocycles. The molecule has 1 aromatic carbocycles. The summed E-state index contributed by atoms with van der Waals surface area (Å²) in [7, 11) is 0. The van der Waals surface area contributed by atoms with Crippen LogP contribution in [0.3, 0.4) is 0 Å². The first-order chi connectivity index (χ1) is 15.4. The van der Waals surface area contributed by atoms with E-state index in [-0.39, 0.29) is 12.6 Å². The van der Waals surface area contributed by atoms with Gasteiger partial charge in [-0.3, -0.25) is 4.98 Å². The van der Waals surface area contributed by atoms with E-state index in [1.165, 1.54) is 12.8 Å². The molecule has 0 radical (unpaired) electrons. The highest BCUT2D eigenvalue weighted by Gasteiger charge is 2.37. The van der Waals surface area contributed by atoms with Crippen molar-refractivity contribution in [3.05, 3.63) is 46.2 Å². The van der Waals surface area contributed by atoms with Gasteiger partial charge in [0.25, 0.3) is 0 Å². The normalized spacial score (nSPS) is 21.8. The Balaban J connectivity index is 1.33. The van der Waals surface area contributed by atoms with Crippen LogP contribution in [0, 0.1) is 11.8 Å². The fourth-order valence-electron chi connectivity index (χ4n) is 4.92. The van der Waals surface area contributed by atoms with E-state index in [4.69, 9.17) is 28.2 Å². The fourth-order valence-corrected chi connectivity index (χ4v) is 5.49. The Morgan fingerprint density at radius 2 is 1.97 bits per heavy atom. The number of aliphatic hydroxyl groups excluding tert-OH is 1. The zero-order valence-electron chi connectivity index (χ0n) is 18.8. The third-order valence-electron chi connectivity index (χ3n) is 6.98. The second kappa shape index (κ2) is 10.6. The van der Waals surface area contributed by atoms with Crippen molar-refractivity contribution in [1.29, 1.82) is 0 Å². The smallest absolute Gasteiger partial charge is 0.149 e. The molecule has 0 aliphatic carbocycles. The number of likely N-dealkylation sites (tertiary alicyclic amines) is 1. The van der Waals surface area contributed by atoms with E-state index in [2.05, 4.69) is 33.9 Å². The first kappa shape index (κ1) is 23.6. The number of benzene rings is 1. The molecule has 8 heteroatoms. The van der Waals surface area contributed by atoms with Crippen LogP contribution in [0.2, 0.25) is 10.0 Å². The van der Waals surface area contributed by atoms with Gasteiger partial charge in [-0.05, 0) is 69.2 Å². The van der Waals surface area contributed by atoms with Crippen LogP contribution in [0.15, 0.2) is 30.6 Å². The molecule has 174 valence electrons. The number of aromatic nitrogens is 2. The van der Waals surface area contributed by atoms with Crippen LogP contribution in [-0.2, 0) is 0 Å². The number of nitrogens with one attached hydrogen (secondary N) is 1. The summed E-state index contributed by atoms with van der Waals surface area (Å²) >= 11 is 12.4. The maximum atomic E-state index is 9.26. The summed E-state index contributed by atoms with van der Waals surface area (Å²) in [5.74, 6) is 3.08. The number of aliphatic hydroxyl groups is 1. The van der Waals surface area contributed by atoms with Crippen LogP contribution in [0.1, 0.15) is 44.7 Å². The summed E-state index contributed by atoms with van der Waals surface area (Å²) in [6.45, 7) is 8.92. The Labute approximate surface area is 200 Å². The second-order valence-electron chi connectivity index (χ2n) is 9.22. The van der Waals surface area contributed by atoms with Crippen LogP contribution in [-0.4, -0.2) is 58.8 Å². The van der Waals surface area contributed by atoms with Gasteiger partial charge in [0.2, 0.25) is 0 Å². The molecular weight excluding hydrogens is 445 g/mol. The topological polar surface area (TPSA) is 64.5 Å². The zero-order chi connectivity index (χ0) is 22.7. The van der Waals surface area contributed by atoms with Gasteiger partial charge in [0, 0.05) is 42.3 Å². The van der Waals surface area contributed by atoms with Gasteiger partial charge >= 0.3 is 0 Å². The van der Waals surface area contributed by atoms with Crippen LogP contribution < -0.4 is 10.2 Å². The zero-order valence-corrected chi connectivity index (χ0v) is 20.4. The highest BCUT2D eigenvalue weighted by molar-refractivity contribution is 6.35. The Hall–Kier alpha value is -1.60. The summed E-state index contributed by atoms with van der Waals surface area (Å²) in [4.78, 5) is 14.1. The molecule has 2 saturated heterocycles. The van der Waals surface area contributed by atoms with Gasteiger partial charge in [-0.15, -0.1) is 0 Å².